The molecule has 2 aliphatic rings. The molecule has 0 atom stereocenters. The van der Waals surface area contributed by atoms with Gasteiger partial charge < -0.3 is 19.8 Å². The first-order valence-corrected chi connectivity index (χ1v) is 14.8. The van der Waals surface area contributed by atoms with Crippen molar-refractivity contribution in [2.45, 2.75) is 26.4 Å². The summed E-state index contributed by atoms with van der Waals surface area (Å²) >= 11 is 1.27. The average molecular weight is 590 g/mol. The van der Waals surface area contributed by atoms with Gasteiger partial charge in [0.2, 0.25) is 5.91 Å². The molecule has 218 valence electrons. The standard InChI is InChI=1S/C29H32FN9O2S/c1-4-22-27(35(3)29-33-26(23(14-31)42-29)19-5-7-20(30)8-6-19)28-32-24(13-18(2)39(28)34-22)37-9-11-38(12-10-37)25(41)17-36-15-21(40)16-36/h5-8,13,21,40H,4,9-12,15-17H2,1-3H3. The maximum Gasteiger partial charge on any atom is 0.236 e. The zero-order valence-corrected chi connectivity index (χ0v) is 24.6. The van der Waals surface area contributed by atoms with Gasteiger partial charge in [0, 0.05) is 63.6 Å². The summed E-state index contributed by atoms with van der Waals surface area (Å²) in [6, 6.07) is 10.2. The Morgan fingerprint density at radius 3 is 2.55 bits per heavy atom. The van der Waals surface area contributed by atoms with E-state index in [0.717, 1.165) is 22.9 Å². The van der Waals surface area contributed by atoms with Gasteiger partial charge in [-0.05, 0) is 37.6 Å². The fourth-order valence-electron chi connectivity index (χ4n) is 5.50. The average Bonchev–Trinajstić information content (AvgIpc) is 3.58. The molecule has 2 saturated heterocycles. The van der Waals surface area contributed by atoms with Gasteiger partial charge in [0.25, 0.3) is 0 Å². The Bertz CT molecular complexity index is 1670. The van der Waals surface area contributed by atoms with E-state index in [-0.39, 0.29) is 17.8 Å². The predicted octanol–water partition coefficient (Wildman–Crippen LogP) is 2.83. The molecule has 2 fully saturated rings. The minimum absolute atomic E-state index is 0.0913. The van der Waals surface area contributed by atoms with Crippen LogP contribution in [-0.4, -0.2) is 99.4 Å². The molecule has 2 aliphatic heterocycles. The smallest absolute Gasteiger partial charge is 0.236 e. The number of likely N-dealkylation sites (tertiary alicyclic amines) is 1. The van der Waals surface area contributed by atoms with Crippen LogP contribution in [0, 0.1) is 24.1 Å². The molecule has 0 saturated carbocycles. The van der Waals surface area contributed by atoms with Crippen molar-refractivity contribution in [2.24, 2.45) is 0 Å². The van der Waals surface area contributed by atoms with Crippen LogP contribution in [0.2, 0.25) is 0 Å². The van der Waals surface area contributed by atoms with Crippen LogP contribution < -0.4 is 9.80 Å². The van der Waals surface area contributed by atoms with E-state index >= 15 is 0 Å². The Labute approximate surface area is 247 Å². The number of hydrogen-bond acceptors (Lipinski definition) is 10. The van der Waals surface area contributed by atoms with Gasteiger partial charge in [-0.1, -0.05) is 18.3 Å². The number of carbonyl (C=O) groups excluding carboxylic acids is 1. The van der Waals surface area contributed by atoms with Gasteiger partial charge in [-0.2, -0.15) is 10.4 Å². The normalized spacial score (nSPS) is 16.1. The number of anilines is 3. The molecule has 0 spiro atoms. The molecular formula is C29H32FN9O2S. The van der Waals surface area contributed by atoms with Crippen molar-refractivity contribution in [3.05, 3.63) is 52.4 Å². The lowest BCUT2D eigenvalue weighted by Gasteiger charge is -2.39. The van der Waals surface area contributed by atoms with E-state index in [1.807, 2.05) is 46.2 Å². The summed E-state index contributed by atoms with van der Waals surface area (Å²) in [6.45, 7) is 8.04. The molecule has 5 heterocycles. The van der Waals surface area contributed by atoms with E-state index in [4.69, 9.17) is 15.1 Å². The van der Waals surface area contributed by atoms with Gasteiger partial charge in [-0.3, -0.25) is 9.69 Å². The van der Waals surface area contributed by atoms with Gasteiger partial charge in [0.15, 0.2) is 10.8 Å². The molecule has 0 aliphatic carbocycles. The molecule has 42 heavy (non-hydrogen) atoms. The number of fused-ring (bicyclic) bond motifs is 1. The molecule has 3 aromatic heterocycles. The van der Waals surface area contributed by atoms with Crippen molar-refractivity contribution in [2.75, 3.05) is 62.7 Å². The van der Waals surface area contributed by atoms with E-state index in [0.29, 0.717) is 79.1 Å². The fraction of sp³-hybridized carbons (Fsp3) is 0.414. The van der Waals surface area contributed by atoms with Crippen molar-refractivity contribution in [1.82, 2.24) is 29.4 Å². The maximum atomic E-state index is 13.5. The van der Waals surface area contributed by atoms with E-state index in [1.54, 1.807) is 12.1 Å². The Hall–Kier alpha value is -4.12. The van der Waals surface area contributed by atoms with Gasteiger partial charge in [0.05, 0.1) is 18.3 Å². The van der Waals surface area contributed by atoms with Gasteiger partial charge in [0.1, 0.15) is 34.0 Å². The van der Waals surface area contributed by atoms with Gasteiger partial charge >= 0.3 is 0 Å². The van der Waals surface area contributed by atoms with E-state index < -0.39 is 0 Å². The number of β-amino-alcohol motifs (C(OH)–C–C–N with tert-alkyl or cyclic N) is 1. The highest BCUT2D eigenvalue weighted by Gasteiger charge is 2.30. The Morgan fingerprint density at radius 2 is 1.90 bits per heavy atom. The van der Waals surface area contributed by atoms with Crippen LogP contribution >= 0.6 is 11.3 Å². The number of benzene rings is 1. The number of aryl methyl sites for hydroxylation is 2. The molecule has 4 aromatic rings. The second-order valence-electron chi connectivity index (χ2n) is 10.7. The first-order chi connectivity index (χ1) is 20.2. The largest absolute Gasteiger partial charge is 0.390 e. The second kappa shape index (κ2) is 11.3. The van der Waals surface area contributed by atoms with Crippen molar-refractivity contribution in [3.8, 4) is 17.3 Å². The maximum absolute atomic E-state index is 13.5. The minimum atomic E-state index is -0.346. The number of thiazole rings is 1. The number of piperazine rings is 1. The lowest BCUT2D eigenvalue weighted by Crippen LogP contribution is -2.56. The number of nitrogens with zero attached hydrogens (tertiary/aromatic N) is 9. The number of halogens is 1. The molecule has 1 aromatic carbocycles. The van der Waals surface area contributed by atoms with Crippen LogP contribution in [0.25, 0.3) is 16.9 Å². The van der Waals surface area contributed by atoms with E-state index in [9.17, 15) is 19.6 Å². The molecule has 13 heteroatoms. The van der Waals surface area contributed by atoms with Crippen LogP contribution in [0.5, 0.6) is 0 Å². The van der Waals surface area contributed by atoms with Crippen LogP contribution in [-0.2, 0) is 11.2 Å². The van der Waals surface area contributed by atoms with Crippen LogP contribution in [0.3, 0.4) is 0 Å². The molecule has 11 nitrogen and oxygen atoms in total. The lowest BCUT2D eigenvalue weighted by molar-refractivity contribution is -0.135. The number of aliphatic hydroxyl groups excluding tert-OH is 1. The summed E-state index contributed by atoms with van der Waals surface area (Å²) in [7, 11) is 1.90. The molecule has 1 N–H and O–H groups in total. The first-order valence-electron chi connectivity index (χ1n) is 14.0. The van der Waals surface area contributed by atoms with Gasteiger partial charge in [-0.25, -0.2) is 18.9 Å². The third kappa shape index (κ3) is 5.17. The number of aliphatic hydroxyl groups is 1. The topological polar surface area (TPSA) is 117 Å². The van der Waals surface area contributed by atoms with Crippen molar-refractivity contribution < 1.29 is 14.3 Å². The molecule has 0 unspecified atom stereocenters. The summed E-state index contributed by atoms with van der Waals surface area (Å²) in [5.74, 6) is 0.564. The third-order valence-corrected chi connectivity index (χ3v) is 8.88. The lowest BCUT2D eigenvalue weighted by atomic mass is 10.1. The summed E-state index contributed by atoms with van der Waals surface area (Å²) in [6.07, 6.45) is 0.355. The van der Waals surface area contributed by atoms with Crippen LogP contribution in [0.4, 0.5) is 21.0 Å². The molecule has 0 bridgehead atoms. The number of rotatable bonds is 7. The predicted molar refractivity (Wildman–Crippen MR) is 159 cm³/mol. The van der Waals surface area contributed by atoms with Gasteiger partial charge in [-0.15, -0.1) is 0 Å². The number of nitriles is 1. The van der Waals surface area contributed by atoms with E-state index in [1.165, 1.54) is 23.5 Å². The number of aromatic nitrogens is 4. The number of hydrogen-bond donors (Lipinski definition) is 1. The van der Waals surface area contributed by atoms with Crippen molar-refractivity contribution in [1.29, 1.82) is 5.26 Å². The Balaban J connectivity index is 1.27. The van der Waals surface area contributed by atoms with Crippen LogP contribution in [0.1, 0.15) is 23.2 Å². The molecular weight excluding hydrogens is 557 g/mol. The highest BCUT2D eigenvalue weighted by atomic mass is 32.1. The quantitative estimate of drug-likeness (QED) is 0.347. The monoisotopic (exact) mass is 589 g/mol. The zero-order valence-electron chi connectivity index (χ0n) is 23.8. The number of carbonyl (C=O) groups is 1. The molecule has 1 amide bonds. The number of amides is 1. The molecule has 6 rings (SSSR count). The highest BCUT2D eigenvalue weighted by molar-refractivity contribution is 7.16. The second-order valence-corrected chi connectivity index (χ2v) is 11.7. The third-order valence-electron chi connectivity index (χ3n) is 7.84. The van der Waals surface area contributed by atoms with E-state index in [2.05, 4.69) is 11.0 Å². The summed E-state index contributed by atoms with van der Waals surface area (Å²) in [5, 5.41) is 24.8. The Morgan fingerprint density at radius 1 is 1.19 bits per heavy atom. The van der Waals surface area contributed by atoms with Crippen molar-refractivity contribution >= 4 is 39.5 Å². The molecule has 0 radical (unpaired) electrons. The highest BCUT2D eigenvalue weighted by Crippen LogP contribution is 2.38. The Kier molecular flexibility index (Phi) is 7.53. The first kappa shape index (κ1) is 28.0. The van der Waals surface area contributed by atoms with Crippen LogP contribution in [0.15, 0.2) is 30.3 Å². The SMILES string of the molecule is CCc1nn2c(C)cc(N3CCN(C(=O)CN4CC(O)C4)CC3)nc2c1N(C)c1nc(-c2ccc(F)cc2)c(C#N)s1. The minimum Gasteiger partial charge on any atom is -0.390 e. The van der Waals surface area contributed by atoms with Crippen molar-refractivity contribution in [3.63, 3.8) is 0 Å². The summed E-state index contributed by atoms with van der Waals surface area (Å²) in [5.41, 5.74) is 4.49. The summed E-state index contributed by atoms with van der Waals surface area (Å²) in [4.78, 5) is 31.0. The zero-order chi connectivity index (χ0) is 29.5. The summed E-state index contributed by atoms with van der Waals surface area (Å²) < 4.78 is 15.4. The fourth-order valence-corrected chi connectivity index (χ4v) is 6.35.